The van der Waals surface area contributed by atoms with Crippen LogP contribution < -0.4 is 0 Å². The molecule has 0 aliphatic heterocycles. The Balaban J connectivity index is 2.48. The lowest BCUT2D eigenvalue weighted by molar-refractivity contribution is 0.109. The summed E-state index contributed by atoms with van der Waals surface area (Å²) in [4.78, 5) is 4.38. The molecule has 11 heavy (non-hydrogen) atoms. The van der Waals surface area contributed by atoms with Crippen LogP contribution in [-0.2, 0) is 0 Å². The Labute approximate surface area is 68.3 Å². The Bertz CT molecular complexity index is 150. The van der Waals surface area contributed by atoms with Gasteiger partial charge in [0.25, 0.3) is 0 Å². The molecule has 0 aromatic heterocycles. The summed E-state index contributed by atoms with van der Waals surface area (Å²) in [6, 6.07) is 0.189. The minimum atomic E-state index is -0.182. The molecule has 2 unspecified atom stereocenters. The van der Waals surface area contributed by atoms with Crippen molar-refractivity contribution in [3.8, 4) is 0 Å². The minimum absolute atomic E-state index is 0.182. The zero-order chi connectivity index (χ0) is 8.27. The molecule has 2 atom stereocenters. The van der Waals surface area contributed by atoms with E-state index in [2.05, 4.69) is 4.99 Å². The molecule has 1 N–H and O–H groups in total. The quantitative estimate of drug-likeness (QED) is 0.575. The lowest BCUT2D eigenvalue weighted by Crippen LogP contribution is -2.28. The molecular formula is C9H17NO. The number of aliphatic hydroxyl groups excluding tert-OH is 1. The summed E-state index contributed by atoms with van der Waals surface area (Å²) in [5.41, 5.74) is 1.08. The molecule has 0 aromatic rings. The molecule has 1 rings (SSSR count). The summed E-state index contributed by atoms with van der Waals surface area (Å²) in [5.74, 6) is 0. The topological polar surface area (TPSA) is 32.6 Å². The first-order chi connectivity index (χ1) is 5.20. The van der Waals surface area contributed by atoms with Crippen LogP contribution in [0.25, 0.3) is 0 Å². The van der Waals surface area contributed by atoms with Crippen LogP contribution in [0.3, 0.4) is 0 Å². The van der Waals surface area contributed by atoms with Gasteiger partial charge in [0.05, 0.1) is 12.1 Å². The predicted octanol–water partition coefficient (Wildman–Crippen LogP) is 1.77. The first-order valence-electron chi connectivity index (χ1n) is 4.39. The van der Waals surface area contributed by atoms with Crippen molar-refractivity contribution in [2.75, 3.05) is 0 Å². The van der Waals surface area contributed by atoms with Crippen LogP contribution in [0.5, 0.6) is 0 Å². The van der Waals surface area contributed by atoms with E-state index in [1.165, 1.54) is 6.42 Å². The summed E-state index contributed by atoms with van der Waals surface area (Å²) in [7, 11) is 0. The average Bonchev–Trinajstić information content (AvgIpc) is 1.93. The summed E-state index contributed by atoms with van der Waals surface area (Å²) in [6.07, 6.45) is 4.20. The maximum atomic E-state index is 9.51. The van der Waals surface area contributed by atoms with E-state index in [0.717, 1.165) is 25.0 Å². The largest absolute Gasteiger partial charge is 0.391 e. The normalized spacial score (nSPS) is 31.5. The van der Waals surface area contributed by atoms with Crippen molar-refractivity contribution in [2.24, 2.45) is 4.99 Å². The molecule has 2 heteroatoms. The molecule has 0 radical (unpaired) electrons. The molecular weight excluding hydrogens is 138 g/mol. The highest BCUT2D eigenvalue weighted by Crippen LogP contribution is 2.21. The molecule has 0 heterocycles. The molecule has 0 spiro atoms. The lowest BCUT2D eigenvalue weighted by atomic mass is 9.93. The Morgan fingerprint density at radius 1 is 1.27 bits per heavy atom. The SMILES string of the molecule is CC(C)=NC1CCCCC1O. The highest BCUT2D eigenvalue weighted by molar-refractivity contribution is 5.79. The number of hydrogen-bond donors (Lipinski definition) is 1. The van der Waals surface area contributed by atoms with Crippen molar-refractivity contribution < 1.29 is 5.11 Å². The number of aliphatic hydroxyl groups is 1. The molecule has 2 nitrogen and oxygen atoms in total. The molecule has 0 saturated heterocycles. The molecule has 0 amide bonds. The fourth-order valence-corrected chi connectivity index (χ4v) is 1.57. The third kappa shape index (κ3) is 2.62. The van der Waals surface area contributed by atoms with Crippen LogP contribution in [-0.4, -0.2) is 23.0 Å². The van der Waals surface area contributed by atoms with Crippen LogP contribution in [0.1, 0.15) is 39.5 Å². The van der Waals surface area contributed by atoms with E-state index in [4.69, 9.17) is 0 Å². The van der Waals surface area contributed by atoms with Gasteiger partial charge in [0, 0.05) is 5.71 Å². The molecule has 1 aliphatic carbocycles. The van der Waals surface area contributed by atoms with E-state index in [9.17, 15) is 5.11 Å². The molecule has 0 bridgehead atoms. The van der Waals surface area contributed by atoms with Gasteiger partial charge >= 0.3 is 0 Å². The number of nitrogens with zero attached hydrogens (tertiary/aromatic N) is 1. The van der Waals surface area contributed by atoms with E-state index in [-0.39, 0.29) is 12.1 Å². The summed E-state index contributed by atoms with van der Waals surface area (Å²) in [5, 5.41) is 9.51. The molecule has 1 fully saturated rings. The van der Waals surface area contributed by atoms with E-state index >= 15 is 0 Å². The van der Waals surface area contributed by atoms with Gasteiger partial charge in [-0.1, -0.05) is 12.8 Å². The van der Waals surface area contributed by atoms with Gasteiger partial charge in [-0.05, 0) is 26.7 Å². The molecule has 1 saturated carbocycles. The second kappa shape index (κ2) is 3.86. The first-order valence-corrected chi connectivity index (χ1v) is 4.39. The van der Waals surface area contributed by atoms with Crippen molar-refractivity contribution in [2.45, 2.75) is 51.7 Å². The lowest BCUT2D eigenvalue weighted by Gasteiger charge is -2.24. The van der Waals surface area contributed by atoms with E-state index < -0.39 is 0 Å². The zero-order valence-corrected chi connectivity index (χ0v) is 7.38. The summed E-state index contributed by atoms with van der Waals surface area (Å²) >= 11 is 0. The standard InChI is InChI=1S/C9H17NO/c1-7(2)10-8-5-3-4-6-9(8)11/h8-9,11H,3-6H2,1-2H3. The van der Waals surface area contributed by atoms with Gasteiger partial charge in [-0.2, -0.15) is 0 Å². The van der Waals surface area contributed by atoms with Gasteiger partial charge in [-0.15, -0.1) is 0 Å². The van der Waals surface area contributed by atoms with Gasteiger partial charge in [-0.3, -0.25) is 4.99 Å². The monoisotopic (exact) mass is 155 g/mol. The fraction of sp³-hybridized carbons (Fsp3) is 0.889. The van der Waals surface area contributed by atoms with E-state index in [1.807, 2.05) is 13.8 Å². The third-order valence-corrected chi connectivity index (χ3v) is 2.12. The van der Waals surface area contributed by atoms with Crippen LogP contribution in [0.4, 0.5) is 0 Å². The van der Waals surface area contributed by atoms with Crippen molar-refractivity contribution in [3.05, 3.63) is 0 Å². The van der Waals surface area contributed by atoms with Crippen molar-refractivity contribution in [1.29, 1.82) is 0 Å². The molecule has 0 aromatic carbocycles. The van der Waals surface area contributed by atoms with Crippen molar-refractivity contribution in [1.82, 2.24) is 0 Å². The summed E-state index contributed by atoms with van der Waals surface area (Å²) < 4.78 is 0. The Morgan fingerprint density at radius 2 is 1.91 bits per heavy atom. The number of hydrogen-bond acceptors (Lipinski definition) is 2. The van der Waals surface area contributed by atoms with Crippen LogP contribution >= 0.6 is 0 Å². The second-order valence-electron chi connectivity index (χ2n) is 3.50. The average molecular weight is 155 g/mol. The highest BCUT2D eigenvalue weighted by atomic mass is 16.3. The van der Waals surface area contributed by atoms with Gasteiger partial charge < -0.3 is 5.11 Å². The Morgan fingerprint density at radius 3 is 2.45 bits per heavy atom. The minimum Gasteiger partial charge on any atom is -0.391 e. The third-order valence-electron chi connectivity index (χ3n) is 2.12. The van der Waals surface area contributed by atoms with Gasteiger partial charge in [-0.25, -0.2) is 0 Å². The predicted molar refractivity (Wildman–Crippen MR) is 47.0 cm³/mol. The zero-order valence-electron chi connectivity index (χ0n) is 7.38. The van der Waals surface area contributed by atoms with Gasteiger partial charge in [0.1, 0.15) is 0 Å². The second-order valence-corrected chi connectivity index (χ2v) is 3.50. The van der Waals surface area contributed by atoms with Crippen LogP contribution in [0.15, 0.2) is 4.99 Å². The molecule has 1 aliphatic rings. The van der Waals surface area contributed by atoms with Crippen LogP contribution in [0, 0.1) is 0 Å². The Hall–Kier alpha value is -0.370. The van der Waals surface area contributed by atoms with Crippen LogP contribution in [0.2, 0.25) is 0 Å². The Kier molecular flexibility index (Phi) is 3.06. The maximum Gasteiger partial charge on any atom is 0.0763 e. The van der Waals surface area contributed by atoms with E-state index in [0.29, 0.717) is 0 Å². The fourth-order valence-electron chi connectivity index (χ4n) is 1.57. The maximum absolute atomic E-state index is 9.51. The smallest absolute Gasteiger partial charge is 0.0763 e. The number of rotatable bonds is 1. The summed E-state index contributed by atoms with van der Waals surface area (Å²) in [6.45, 7) is 3.97. The van der Waals surface area contributed by atoms with E-state index in [1.54, 1.807) is 0 Å². The number of aliphatic imine (C=N–C) groups is 1. The van der Waals surface area contributed by atoms with Crippen molar-refractivity contribution >= 4 is 5.71 Å². The van der Waals surface area contributed by atoms with Crippen molar-refractivity contribution in [3.63, 3.8) is 0 Å². The van der Waals surface area contributed by atoms with Gasteiger partial charge in [0.15, 0.2) is 0 Å². The highest BCUT2D eigenvalue weighted by Gasteiger charge is 2.21. The van der Waals surface area contributed by atoms with Gasteiger partial charge in [0.2, 0.25) is 0 Å². The molecule has 64 valence electrons. The first kappa shape index (κ1) is 8.72.